The first-order chi connectivity index (χ1) is 8.11. The molecule has 17 heavy (non-hydrogen) atoms. The van der Waals surface area contributed by atoms with Gasteiger partial charge in [-0.3, -0.25) is 4.79 Å². The third-order valence-corrected chi connectivity index (χ3v) is 2.34. The van der Waals surface area contributed by atoms with Gasteiger partial charge < -0.3 is 15.2 Å². The first kappa shape index (κ1) is 13.8. The molecule has 0 radical (unpaired) electrons. The van der Waals surface area contributed by atoms with E-state index in [-0.39, 0.29) is 25.0 Å². The Morgan fingerprint density at radius 2 is 2.12 bits per heavy atom. The highest BCUT2D eigenvalue weighted by molar-refractivity contribution is 6.30. The number of carbonyl (C=O) groups is 1. The van der Waals surface area contributed by atoms with E-state index in [1.165, 1.54) is 0 Å². The fraction of sp³-hybridized carbons (Fsp3) is 0.417. The summed E-state index contributed by atoms with van der Waals surface area (Å²) in [5.74, 6) is 0.540. The third kappa shape index (κ3) is 5.56. The largest absolute Gasteiger partial charge is 0.493 e. The SMILES string of the molecule is C[C@@H](CO)NC(=O)CCOc1ccc(Cl)cc1. The monoisotopic (exact) mass is 257 g/mol. The number of ether oxygens (including phenoxy) is 1. The van der Waals surface area contributed by atoms with Crippen molar-refractivity contribution in [3.05, 3.63) is 29.3 Å². The number of aliphatic hydroxyl groups excluding tert-OH is 1. The lowest BCUT2D eigenvalue weighted by Gasteiger charge is -2.11. The second-order valence-electron chi connectivity index (χ2n) is 3.70. The lowest BCUT2D eigenvalue weighted by atomic mass is 10.3. The van der Waals surface area contributed by atoms with Crippen LogP contribution < -0.4 is 10.1 Å². The Hall–Kier alpha value is -1.26. The molecule has 1 aromatic rings. The van der Waals surface area contributed by atoms with Crippen molar-refractivity contribution >= 4 is 17.5 Å². The summed E-state index contributed by atoms with van der Waals surface area (Å²) < 4.78 is 5.36. The minimum absolute atomic E-state index is 0.0657. The van der Waals surface area contributed by atoms with Crippen LogP contribution in [0, 0.1) is 0 Å². The summed E-state index contributed by atoms with van der Waals surface area (Å²) in [4.78, 5) is 11.3. The second kappa shape index (κ2) is 7.14. The van der Waals surface area contributed by atoms with Gasteiger partial charge >= 0.3 is 0 Å². The molecule has 1 amide bonds. The highest BCUT2D eigenvalue weighted by Gasteiger charge is 2.05. The van der Waals surface area contributed by atoms with Crippen LogP contribution in [0.15, 0.2) is 24.3 Å². The number of halogens is 1. The number of hydrogen-bond donors (Lipinski definition) is 2. The van der Waals surface area contributed by atoms with Crippen molar-refractivity contribution in [3.63, 3.8) is 0 Å². The molecule has 1 rings (SSSR count). The fourth-order valence-electron chi connectivity index (χ4n) is 1.19. The number of benzene rings is 1. The third-order valence-electron chi connectivity index (χ3n) is 2.09. The minimum Gasteiger partial charge on any atom is -0.493 e. The Kier molecular flexibility index (Phi) is 5.80. The van der Waals surface area contributed by atoms with Gasteiger partial charge in [0.25, 0.3) is 0 Å². The molecule has 5 heteroatoms. The summed E-state index contributed by atoms with van der Waals surface area (Å²) in [6.45, 7) is 1.97. The molecule has 1 aromatic carbocycles. The van der Waals surface area contributed by atoms with Crippen LogP contribution in [0.3, 0.4) is 0 Å². The van der Waals surface area contributed by atoms with Crippen LogP contribution in [0.1, 0.15) is 13.3 Å². The van der Waals surface area contributed by atoms with E-state index in [9.17, 15) is 4.79 Å². The van der Waals surface area contributed by atoms with Gasteiger partial charge in [-0.05, 0) is 31.2 Å². The van der Waals surface area contributed by atoms with Crippen LogP contribution in [0.2, 0.25) is 5.02 Å². The number of nitrogens with one attached hydrogen (secondary N) is 1. The van der Waals surface area contributed by atoms with Gasteiger partial charge in [0.05, 0.1) is 19.6 Å². The smallest absolute Gasteiger partial charge is 0.223 e. The molecule has 0 aromatic heterocycles. The topological polar surface area (TPSA) is 58.6 Å². The summed E-state index contributed by atoms with van der Waals surface area (Å²) in [7, 11) is 0. The maximum atomic E-state index is 11.3. The van der Waals surface area contributed by atoms with E-state index in [1.807, 2.05) is 0 Å². The molecule has 0 bridgehead atoms. The van der Waals surface area contributed by atoms with E-state index >= 15 is 0 Å². The maximum Gasteiger partial charge on any atom is 0.223 e. The van der Waals surface area contributed by atoms with Gasteiger partial charge in [0.15, 0.2) is 0 Å². The van der Waals surface area contributed by atoms with Gasteiger partial charge in [-0.25, -0.2) is 0 Å². The summed E-state index contributed by atoms with van der Waals surface area (Å²) in [6, 6.07) is 6.72. The van der Waals surface area contributed by atoms with Crippen molar-refractivity contribution in [3.8, 4) is 5.75 Å². The zero-order valence-electron chi connectivity index (χ0n) is 9.65. The average molecular weight is 258 g/mol. The summed E-state index contributed by atoms with van der Waals surface area (Å²) in [5, 5.41) is 12.0. The molecule has 0 aliphatic carbocycles. The second-order valence-corrected chi connectivity index (χ2v) is 4.14. The lowest BCUT2D eigenvalue weighted by Crippen LogP contribution is -2.35. The van der Waals surface area contributed by atoms with E-state index in [0.717, 1.165) is 0 Å². The molecule has 1 atom stereocenters. The Labute approximate surface area is 106 Å². The van der Waals surface area contributed by atoms with Crippen molar-refractivity contribution in [2.75, 3.05) is 13.2 Å². The van der Waals surface area contributed by atoms with Gasteiger partial charge in [-0.2, -0.15) is 0 Å². The van der Waals surface area contributed by atoms with Crippen molar-refractivity contribution in [2.45, 2.75) is 19.4 Å². The molecular weight excluding hydrogens is 242 g/mol. The van der Waals surface area contributed by atoms with Crippen LogP contribution in [-0.4, -0.2) is 30.3 Å². The van der Waals surface area contributed by atoms with E-state index in [4.69, 9.17) is 21.4 Å². The number of hydrogen-bond acceptors (Lipinski definition) is 3. The molecular formula is C12H16ClNO3. The predicted octanol–water partition coefficient (Wildman–Crippen LogP) is 1.61. The molecule has 0 aliphatic rings. The van der Waals surface area contributed by atoms with Crippen molar-refractivity contribution in [1.82, 2.24) is 5.32 Å². The summed E-state index contributed by atoms with van der Waals surface area (Å²) in [5.41, 5.74) is 0. The molecule has 0 saturated heterocycles. The predicted molar refractivity (Wildman–Crippen MR) is 66.3 cm³/mol. The summed E-state index contributed by atoms with van der Waals surface area (Å²) >= 11 is 5.73. The normalized spacial score (nSPS) is 11.9. The molecule has 2 N–H and O–H groups in total. The van der Waals surface area contributed by atoms with Gasteiger partial charge in [-0.15, -0.1) is 0 Å². The molecule has 0 fully saturated rings. The van der Waals surface area contributed by atoms with Gasteiger partial charge in [-0.1, -0.05) is 11.6 Å². The molecule has 4 nitrogen and oxygen atoms in total. The number of aliphatic hydroxyl groups is 1. The lowest BCUT2D eigenvalue weighted by molar-refractivity contribution is -0.122. The highest BCUT2D eigenvalue weighted by atomic mass is 35.5. The van der Waals surface area contributed by atoms with Crippen LogP contribution in [0.4, 0.5) is 0 Å². The standard InChI is InChI=1S/C12H16ClNO3/c1-9(8-15)14-12(16)6-7-17-11-4-2-10(13)3-5-11/h2-5,9,15H,6-8H2,1H3,(H,14,16)/t9-/m0/s1. The van der Waals surface area contributed by atoms with E-state index < -0.39 is 0 Å². The molecule has 94 valence electrons. The van der Waals surface area contributed by atoms with E-state index in [2.05, 4.69) is 5.32 Å². The minimum atomic E-state index is -0.224. The number of amides is 1. The van der Waals surface area contributed by atoms with Crippen LogP contribution in [-0.2, 0) is 4.79 Å². The zero-order valence-corrected chi connectivity index (χ0v) is 10.4. The van der Waals surface area contributed by atoms with Gasteiger partial charge in [0.1, 0.15) is 5.75 Å². The zero-order chi connectivity index (χ0) is 12.7. The Balaban J connectivity index is 2.23. The van der Waals surface area contributed by atoms with E-state index in [0.29, 0.717) is 17.4 Å². The molecule has 0 spiro atoms. The maximum absolute atomic E-state index is 11.3. The Morgan fingerprint density at radius 1 is 1.47 bits per heavy atom. The molecule has 0 saturated carbocycles. The van der Waals surface area contributed by atoms with Gasteiger partial charge in [0.2, 0.25) is 5.91 Å². The van der Waals surface area contributed by atoms with Crippen LogP contribution in [0.25, 0.3) is 0 Å². The van der Waals surface area contributed by atoms with Crippen molar-refractivity contribution in [2.24, 2.45) is 0 Å². The van der Waals surface area contributed by atoms with Crippen molar-refractivity contribution in [1.29, 1.82) is 0 Å². The number of rotatable bonds is 6. The van der Waals surface area contributed by atoms with Gasteiger partial charge in [0, 0.05) is 11.1 Å². The Morgan fingerprint density at radius 3 is 2.71 bits per heavy atom. The first-order valence-electron chi connectivity index (χ1n) is 5.40. The number of carbonyl (C=O) groups excluding carboxylic acids is 1. The Bertz CT molecular complexity index is 353. The van der Waals surface area contributed by atoms with Crippen molar-refractivity contribution < 1.29 is 14.6 Å². The average Bonchev–Trinajstić information content (AvgIpc) is 2.31. The quantitative estimate of drug-likeness (QED) is 0.814. The van der Waals surface area contributed by atoms with Crippen LogP contribution >= 0.6 is 11.6 Å². The first-order valence-corrected chi connectivity index (χ1v) is 5.78. The van der Waals surface area contributed by atoms with E-state index in [1.54, 1.807) is 31.2 Å². The molecule has 0 heterocycles. The summed E-state index contributed by atoms with van der Waals surface area (Å²) in [6.07, 6.45) is 0.257. The highest BCUT2D eigenvalue weighted by Crippen LogP contribution is 2.15. The fourth-order valence-corrected chi connectivity index (χ4v) is 1.31. The molecule has 0 unspecified atom stereocenters. The van der Waals surface area contributed by atoms with Crippen LogP contribution in [0.5, 0.6) is 5.75 Å². The molecule has 0 aliphatic heterocycles.